The molecule has 0 unspecified atom stereocenters. The van der Waals surface area contributed by atoms with E-state index in [1.54, 1.807) is 6.92 Å². The lowest BCUT2D eigenvalue weighted by atomic mass is 9.64. The fourth-order valence-electron chi connectivity index (χ4n) is 3.95. The summed E-state index contributed by atoms with van der Waals surface area (Å²) in [5.74, 6) is 0.114. The SMILES string of the molecule is C=C(C)C(=O)OC[C@@]1(O)C[C@H]2CC[C@]1(C)C2(C)C. The van der Waals surface area contributed by atoms with Crippen LogP contribution in [-0.4, -0.2) is 23.3 Å². The Morgan fingerprint density at radius 3 is 2.44 bits per heavy atom. The molecule has 0 radical (unpaired) electrons. The van der Waals surface area contributed by atoms with Gasteiger partial charge in [-0.05, 0) is 37.5 Å². The molecule has 18 heavy (non-hydrogen) atoms. The summed E-state index contributed by atoms with van der Waals surface area (Å²) in [5.41, 5.74) is -0.562. The van der Waals surface area contributed by atoms with Gasteiger partial charge in [-0.15, -0.1) is 0 Å². The molecule has 0 aromatic carbocycles. The quantitative estimate of drug-likeness (QED) is 0.620. The Morgan fingerprint density at radius 2 is 2.06 bits per heavy atom. The third-order valence-corrected chi connectivity index (χ3v) is 5.84. The van der Waals surface area contributed by atoms with Gasteiger partial charge < -0.3 is 9.84 Å². The maximum Gasteiger partial charge on any atom is 0.333 e. The van der Waals surface area contributed by atoms with E-state index in [0.29, 0.717) is 11.5 Å². The van der Waals surface area contributed by atoms with Crippen LogP contribution in [0, 0.1) is 16.7 Å². The molecule has 0 aliphatic heterocycles. The van der Waals surface area contributed by atoms with Gasteiger partial charge in [0.15, 0.2) is 0 Å². The molecule has 2 rings (SSSR count). The van der Waals surface area contributed by atoms with Crippen LogP contribution in [0.5, 0.6) is 0 Å². The Hall–Kier alpha value is -0.830. The number of carbonyl (C=O) groups is 1. The molecule has 2 saturated carbocycles. The number of hydrogen-bond acceptors (Lipinski definition) is 3. The molecular weight excluding hydrogens is 228 g/mol. The summed E-state index contributed by atoms with van der Waals surface area (Å²) in [7, 11) is 0. The van der Waals surface area contributed by atoms with Crippen LogP contribution < -0.4 is 0 Å². The zero-order valence-corrected chi connectivity index (χ0v) is 11.9. The van der Waals surface area contributed by atoms with E-state index in [-0.39, 0.29) is 17.4 Å². The van der Waals surface area contributed by atoms with E-state index in [4.69, 9.17) is 4.74 Å². The molecule has 3 nitrogen and oxygen atoms in total. The first-order valence-electron chi connectivity index (χ1n) is 6.69. The molecule has 3 heteroatoms. The highest BCUT2D eigenvalue weighted by Crippen LogP contribution is 2.69. The van der Waals surface area contributed by atoms with Gasteiger partial charge in [0.2, 0.25) is 0 Å². The lowest BCUT2D eigenvalue weighted by Gasteiger charge is -2.44. The molecule has 0 spiro atoms. The van der Waals surface area contributed by atoms with Crippen molar-refractivity contribution in [2.45, 2.75) is 52.6 Å². The van der Waals surface area contributed by atoms with E-state index in [0.717, 1.165) is 12.8 Å². The van der Waals surface area contributed by atoms with Gasteiger partial charge in [-0.2, -0.15) is 0 Å². The highest BCUT2D eigenvalue weighted by Gasteiger charge is 2.68. The maximum absolute atomic E-state index is 11.5. The summed E-state index contributed by atoms with van der Waals surface area (Å²) in [5, 5.41) is 10.9. The van der Waals surface area contributed by atoms with Crippen LogP contribution in [0.4, 0.5) is 0 Å². The minimum absolute atomic E-state index is 0.0924. The van der Waals surface area contributed by atoms with Gasteiger partial charge in [0.25, 0.3) is 0 Å². The average Bonchev–Trinajstić information content (AvgIpc) is 2.57. The number of rotatable bonds is 3. The third kappa shape index (κ3) is 1.56. The van der Waals surface area contributed by atoms with E-state index >= 15 is 0 Å². The van der Waals surface area contributed by atoms with E-state index in [9.17, 15) is 9.90 Å². The van der Waals surface area contributed by atoms with Crippen molar-refractivity contribution in [2.75, 3.05) is 6.61 Å². The smallest absolute Gasteiger partial charge is 0.333 e. The molecule has 0 aromatic heterocycles. The Kier molecular flexibility index (Phi) is 2.89. The van der Waals surface area contributed by atoms with Crippen molar-refractivity contribution in [3.63, 3.8) is 0 Å². The summed E-state index contributed by atoms with van der Waals surface area (Å²) in [6.45, 7) is 11.9. The van der Waals surface area contributed by atoms with Gasteiger partial charge in [-0.1, -0.05) is 27.4 Å². The molecule has 0 amide bonds. The zero-order chi connectivity index (χ0) is 13.8. The maximum atomic E-state index is 11.5. The molecule has 3 atom stereocenters. The molecule has 2 aliphatic carbocycles. The topological polar surface area (TPSA) is 46.5 Å². The van der Waals surface area contributed by atoms with Crippen LogP contribution in [0.2, 0.25) is 0 Å². The Morgan fingerprint density at radius 1 is 1.44 bits per heavy atom. The molecule has 0 heterocycles. The normalized spacial score (nSPS) is 40.8. The molecule has 0 saturated heterocycles. The minimum atomic E-state index is -0.884. The fraction of sp³-hybridized carbons (Fsp3) is 0.800. The van der Waals surface area contributed by atoms with Crippen molar-refractivity contribution < 1.29 is 14.6 Å². The second kappa shape index (κ2) is 3.83. The Labute approximate surface area is 109 Å². The molecule has 102 valence electrons. The first-order valence-corrected chi connectivity index (χ1v) is 6.69. The number of ether oxygens (including phenoxy) is 1. The highest BCUT2D eigenvalue weighted by atomic mass is 16.5. The lowest BCUT2D eigenvalue weighted by molar-refractivity contribution is -0.161. The summed E-state index contributed by atoms with van der Waals surface area (Å²) < 4.78 is 5.21. The zero-order valence-electron chi connectivity index (χ0n) is 11.9. The number of esters is 1. The largest absolute Gasteiger partial charge is 0.459 e. The van der Waals surface area contributed by atoms with Gasteiger partial charge in [-0.25, -0.2) is 4.79 Å². The first kappa shape index (κ1) is 13.6. The van der Waals surface area contributed by atoms with Gasteiger partial charge in [0.1, 0.15) is 12.2 Å². The predicted octanol–water partition coefficient (Wildman–Crippen LogP) is 2.68. The van der Waals surface area contributed by atoms with E-state index in [1.165, 1.54) is 6.42 Å². The van der Waals surface area contributed by atoms with E-state index < -0.39 is 11.6 Å². The minimum Gasteiger partial charge on any atom is -0.459 e. The van der Waals surface area contributed by atoms with Gasteiger partial charge in [0, 0.05) is 11.0 Å². The summed E-state index contributed by atoms with van der Waals surface area (Å²) in [6, 6.07) is 0. The van der Waals surface area contributed by atoms with E-state index in [2.05, 4.69) is 27.4 Å². The second-order valence-electron chi connectivity index (χ2n) is 6.88. The van der Waals surface area contributed by atoms with Crippen LogP contribution in [0.15, 0.2) is 12.2 Å². The third-order valence-electron chi connectivity index (χ3n) is 5.84. The van der Waals surface area contributed by atoms with Crippen LogP contribution in [0.1, 0.15) is 47.0 Å². The molecule has 2 aliphatic rings. The monoisotopic (exact) mass is 252 g/mol. The number of aliphatic hydroxyl groups is 1. The summed E-state index contributed by atoms with van der Waals surface area (Å²) in [6.07, 6.45) is 2.91. The van der Waals surface area contributed by atoms with Crippen LogP contribution in [0.3, 0.4) is 0 Å². The molecule has 1 N–H and O–H groups in total. The molecule has 2 bridgehead atoms. The standard InChI is InChI=1S/C15H24O3/c1-10(2)12(16)18-9-15(17)8-11-6-7-14(15,5)13(11,3)4/h11,17H,1,6-9H2,2-5H3/t11-,14-,15+/m1/s1. The second-order valence-corrected chi connectivity index (χ2v) is 6.88. The van der Waals surface area contributed by atoms with Crippen molar-refractivity contribution in [1.82, 2.24) is 0 Å². The van der Waals surface area contributed by atoms with Crippen molar-refractivity contribution in [1.29, 1.82) is 0 Å². The van der Waals surface area contributed by atoms with Gasteiger partial charge >= 0.3 is 5.97 Å². The molecule has 0 aromatic rings. The van der Waals surface area contributed by atoms with Crippen LogP contribution >= 0.6 is 0 Å². The van der Waals surface area contributed by atoms with Gasteiger partial charge in [-0.3, -0.25) is 0 Å². The number of fused-ring (bicyclic) bond motifs is 2. The average molecular weight is 252 g/mol. The lowest BCUT2D eigenvalue weighted by Crippen LogP contribution is -2.50. The number of hydrogen-bond donors (Lipinski definition) is 1. The van der Waals surface area contributed by atoms with E-state index in [1.807, 2.05) is 0 Å². The Bertz CT molecular complexity index is 399. The molecular formula is C15H24O3. The first-order chi connectivity index (χ1) is 8.14. The highest BCUT2D eigenvalue weighted by molar-refractivity contribution is 5.86. The summed E-state index contributed by atoms with van der Waals surface area (Å²) >= 11 is 0. The predicted molar refractivity (Wildman–Crippen MR) is 70.0 cm³/mol. The fourth-order valence-corrected chi connectivity index (χ4v) is 3.95. The van der Waals surface area contributed by atoms with Crippen LogP contribution in [-0.2, 0) is 9.53 Å². The Balaban J connectivity index is 2.14. The van der Waals surface area contributed by atoms with Gasteiger partial charge in [0.05, 0.1) is 0 Å². The van der Waals surface area contributed by atoms with Crippen molar-refractivity contribution in [2.24, 2.45) is 16.7 Å². The van der Waals surface area contributed by atoms with Crippen LogP contribution in [0.25, 0.3) is 0 Å². The van der Waals surface area contributed by atoms with Crippen molar-refractivity contribution in [3.05, 3.63) is 12.2 Å². The van der Waals surface area contributed by atoms with Crippen molar-refractivity contribution >= 4 is 5.97 Å². The summed E-state index contributed by atoms with van der Waals surface area (Å²) in [4.78, 5) is 11.5. The number of carbonyl (C=O) groups excluding carboxylic acids is 1. The van der Waals surface area contributed by atoms with Crippen molar-refractivity contribution in [3.8, 4) is 0 Å². The molecule has 2 fully saturated rings.